The fourth-order valence-electron chi connectivity index (χ4n) is 1.50. The molecule has 2 rings (SSSR count). The number of rotatable bonds is 2. The van der Waals surface area contributed by atoms with Crippen LogP contribution in [0.4, 0.5) is 5.69 Å². The summed E-state index contributed by atoms with van der Waals surface area (Å²) >= 11 is 11.8. The average Bonchev–Trinajstić information content (AvgIpc) is 2.41. The second-order valence-corrected chi connectivity index (χ2v) is 6.17. The Kier molecular flexibility index (Phi) is 5.28. The number of hydrogen-bond acceptors (Lipinski definition) is 2. The molecule has 0 unspecified atom stereocenters. The van der Waals surface area contributed by atoms with Crippen LogP contribution < -0.4 is 10.6 Å². The van der Waals surface area contributed by atoms with E-state index >= 15 is 0 Å². The van der Waals surface area contributed by atoms with Gasteiger partial charge in [-0.15, -0.1) is 0 Å². The Labute approximate surface area is 139 Å². The standard InChI is InChI=1S/C14H10Br2N2OS/c15-10-4-6-12(7-5-10)17-14(20)18-13(19)9-2-1-3-11(16)8-9/h1-8H,(H2,17,18,19,20). The molecule has 0 aliphatic carbocycles. The van der Waals surface area contributed by atoms with Crippen molar-refractivity contribution in [3.63, 3.8) is 0 Å². The van der Waals surface area contributed by atoms with E-state index in [2.05, 4.69) is 42.5 Å². The van der Waals surface area contributed by atoms with Crippen molar-refractivity contribution in [2.75, 3.05) is 5.32 Å². The van der Waals surface area contributed by atoms with Crippen molar-refractivity contribution in [2.24, 2.45) is 0 Å². The number of carbonyl (C=O) groups is 1. The van der Waals surface area contributed by atoms with Gasteiger partial charge in [0.2, 0.25) is 0 Å². The molecule has 6 heteroatoms. The third-order valence-electron chi connectivity index (χ3n) is 2.42. The zero-order valence-electron chi connectivity index (χ0n) is 10.2. The van der Waals surface area contributed by atoms with Crippen LogP contribution in [0, 0.1) is 0 Å². The summed E-state index contributed by atoms with van der Waals surface area (Å²) in [5.74, 6) is -0.249. The molecule has 0 aliphatic rings. The molecule has 0 bridgehead atoms. The van der Waals surface area contributed by atoms with Crippen molar-refractivity contribution in [1.29, 1.82) is 0 Å². The van der Waals surface area contributed by atoms with E-state index in [0.717, 1.165) is 14.6 Å². The largest absolute Gasteiger partial charge is 0.332 e. The molecule has 0 heterocycles. The minimum Gasteiger partial charge on any atom is -0.332 e. The van der Waals surface area contributed by atoms with Gasteiger partial charge in [-0.2, -0.15) is 0 Å². The van der Waals surface area contributed by atoms with Gasteiger partial charge in [0, 0.05) is 20.2 Å². The Morgan fingerprint density at radius 2 is 1.70 bits per heavy atom. The van der Waals surface area contributed by atoms with Crippen LogP contribution in [0.5, 0.6) is 0 Å². The van der Waals surface area contributed by atoms with Gasteiger partial charge in [0.1, 0.15) is 0 Å². The van der Waals surface area contributed by atoms with Crippen LogP contribution in [0.1, 0.15) is 10.4 Å². The molecule has 102 valence electrons. The maximum absolute atomic E-state index is 12.0. The smallest absolute Gasteiger partial charge is 0.257 e. The number of hydrogen-bond donors (Lipinski definition) is 2. The van der Waals surface area contributed by atoms with Gasteiger partial charge in [-0.3, -0.25) is 10.1 Å². The average molecular weight is 414 g/mol. The van der Waals surface area contributed by atoms with Gasteiger partial charge < -0.3 is 5.32 Å². The Morgan fingerprint density at radius 3 is 2.35 bits per heavy atom. The minimum atomic E-state index is -0.249. The van der Waals surface area contributed by atoms with Crippen molar-refractivity contribution in [1.82, 2.24) is 5.32 Å². The van der Waals surface area contributed by atoms with Gasteiger partial charge in [-0.25, -0.2) is 0 Å². The first-order chi connectivity index (χ1) is 9.54. The minimum absolute atomic E-state index is 0.249. The van der Waals surface area contributed by atoms with Crippen molar-refractivity contribution < 1.29 is 4.79 Å². The fourth-order valence-corrected chi connectivity index (χ4v) is 2.37. The predicted molar refractivity (Wildman–Crippen MR) is 92.0 cm³/mol. The molecule has 0 saturated carbocycles. The molecule has 0 aliphatic heterocycles. The van der Waals surface area contributed by atoms with E-state index in [0.29, 0.717) is 5.56 Å². The number of halogens is 2. The summed E-state index contributed by atoms with van der Waals surface area (Å²) < 4.78 is 1.82. The summed E-state index contributed by atoms with van der Waals surface area (Å²) in [5, 5.41) is 5.85. The van der Waals surface area contributed by atoms with Crippen molar-refractivity contribution in [2.45, 2.75) is 0 Å². The Morgan fingerprint density at radius 1 is 1.00 bits per heavy atom. The molecule has 20 heavy (non-hydrogen) atoms. The molecule has 0 atom stereocenters. The first kappa shape index (κ1) is 15.2. The lowest BCUT2D eigenvalue weighted by Crippen LogP contribution is -2.34. The van der Waals surface area contributed by atoms with Crippen LogP contribution in [0.2, 0.25) is 0 Å². The highest BCUT2D eigenvalue weighted by molar-refractivity contribution is 9.10. The zero-order chi connectivity index (χ0) is 14.5. The van der Waals surface area contributed by atoms with Crippen LogP contribution in [0.15, 0.2) is 57.5 Å². The van der Waals surface area contributed by atoms with E-state index in [4.69, 9.17) is 12.2 Å². The maximum atomic E-state index is 12.0. The third-order valence-corrected chi connectivity index (χ3v) is 3.64. The summed E-state index contributed by atoms with van der Waals surface area (Å²) in [6, 6.07) is 14.6. The fraction of sp³-hybridized carbons (Fsp3) is 0. The molecule has 0 aromatic heterocycles. The predicted octanol–water partition coefficient (Wildman–Crippen LogP) is 4.34. The summed E-state index contributed by atoms with van der Waals surface area (Å²) in [4.78, 5) is 12.0. The zero-order valence-corrected chi connectivity index (χ0v) is 14.2. The lowest BCUT2D eigenvalue weighted by molar-refractivity contribution is 0.0977. The number of carbonyl (C=O) groups excluding carboxylic acids is 1. The normalized spacial score (nSPS) is 9.90. The monoisotopic (exact) mass is 412 g/mol. The van der Waals surface area contributed by atoms with Crippen LogP contribution in [0.25, 0.3) is 0 Å². The topological polar surface area (TPSA) is 41.1 Å². The molecular weight excluding hydrogens is 404 g/mol. The molecule has 2 aromatic carbocycles. The van der Waals surface area contributed by atoms with Gasteiger partial charge in [0.25, 0.3) is 5.91 Å². The lowest BCUT2D eigenvalue weighted by Gasteiger charge is -2.09. The van der Waals surface area contributed by atoms with Crippen LogP contribution in [-0.2, 0) is 0 Å². The molecule has 0 radical (unpaired) electrons. The second kappa shape index (κ2) is 6.97. The Hall–Kier alpha value is -1.24. The van der Waals surface area contributed by atoms with E-state index in [9.17, 15) is 4.79 Å². The first-order valence-electron chi connectivity index (χ1n) is 5.68. The van der Waals surface area contributed by atoms with Gasteiger partial charge in [-0.1, -0.05) is 37.9 Å². The maximum Gasteiger partial charge on any atom is 0.257 e. The van der Waals surface area contributed by atoms with E-state index in [1.165, 1.54) is 0 Å². The summed E-state index contributed by atoms with van der Waals surface area (Å²) in [6.45, 7) is 0. The molecule has 0 saturated heterocycles. The SMILES string of the molecule is O=C(NC(=S)Nc1ccc(Br)cc1)c1cccc(Br)c1. The first-order valence-corrected chi connectivity index (χ1v) is 7.67. The van der Waals surface area contributed by atoms with E-state index < -0.39 is 0 Å². The highest BCUT2D eigenvalue weighted by Gasteiger charge is 2.08. The van der Waals surface area contributed by atoms with Gasteiger partial charge in [0.05, 0.1) is 0 Å². The van der Waals surface area contributed by atoms with Crippen LogP contribution in [0.3, 0.4) is 0 Å². The summed E-state index contributed by atoms with van der Waals surface area (Å²) in [6.07, 6.45) is 0. The number of thiocarbonyl (C=S) groups is 1. The molecule has 0 fully saturated rings. The molecule has 2 N–H and O–H groups in total. The van der Waals surface area contributed by atoms with Crippen molar-refractivity contribution in [3.05, 3.63) is 63.0 Å². The number of nitrogens with one attached hydrogen (secondary N) is 2. The number of amides is 1. The molecule has 2 aromatic rings. The quantitative estimate of drug-likeness (QED) is 0.719. The molecule has 1 amide bonds. The number of benzene rings is 2. The van der Waals surface area contributed by atoms with Gasteiger partial charge in [0.15, 0.2) is 5.11 Å². The van der Waals surface area contributed by atoms with Crippen LogP contribution in [-0.4, -0.2) is 11.0 Å². The van der Waals surface area contributed by atoms with Crippen LogP contribution >= 0.6 is 44.1 Å². The molecular formula is C14H10Br2N2OS. The van der Waals surface area contributed by atoms with E-state index in [1.807, 2.05) is 30.3 Å². The summed E-state index contributed by atoms with van der Waals surface area (Å²) in [5.41, 5.74) is 1.35. The second-order valence-electron chi connectivity index (χ2n) is 3.93. The Balaban J connectivity index is 1.97. The third kappa shape index (κ3) is 4.40. The van der Waals surface area contributed by atoms with E-state index in [1.54, 1.807) is 18.2 Å². The highest BCUT2D eigenvalue weighted by atomic mass is 79.9. The van der Waals surface area contributed by atoms with Gasteiger partial charge >= 0.3 is 0 Å². The van der Waals surface area contributed by atoms with Crippen molar-refractivity contribution >= 4 is 60.8 Å². The number of anilines is 1. The van der Waals surface area contributed by atoms with Gasteiger partial charge in [-0.05, 0) is 54.7 Å². The molecule has 0 spiro atoms. The summed E-state index contributed by atoms with van der Waals surface area (Å²) in [7, 11) is 0. The highest BCUT2D eigenvalue weighted by Crippen LogP contribution is 2.14. The van der Waals surface area contributed by atoms with E-state index in [-0.39, 0.29) is 11.0 Å². The lowest BCUT2D eigenvalue weighted by atomic mass is 10.2. The Bertz CT molecular complexity index is 644. The molecule has 3 nitrogen and oxygen atoms in total. The van der Waals surface area contributed by atoms with Crippen molar-refractivity contribution in [3.8, 4) is 0 Å².